The van der Waals surface area contributed by atoms with Gasteiger partial charge in [-0.15, -0.1) is 0 Å². The van der Waals surface area contributed by atoms with E-state index in [4.69, 9.17) is 4.74 Å². The van der Waals surface area contributed by atoms with Crippen LogP contribution in [0.15, 0.2) is 59.4 Å². The fourth-order valence-corrected chi connectivity index (χ4v) is 3.43. The molecular formula is C21H21N3O3. The summed E-state index contributed by atoms with van der Waals surface area (Å²) in [6.07, 6.45) is 0. The van der Waals surface area contributed by atoms with Crippen molar-refractivity contribution in [3.8, 4) is 5.75 Å². The Morgan fingerprint density at radius 2 is 1.81 bits per heavy atom. The number of pyridine rings is 1. The first-order valence-electron chi connectivity index (χ1n) is 8.91. The molecule has 0 radical (unpaired) electrons. The Morgan fingerprint density at radius 3 is 2.56 bits per heavy atom. The van der Waals surface area contributed by atoms with E-state index in [0.29, 0.717) is 13.1 Å². The smallest absolute Gasteiger partial charge is 0.248 e. The Hall–Kier alpha value is -3.12. The van der Waals surface area contributed by atoms with Gasteiger partial charge >= 0.3 is 0 Å². The number of methoxy groups -OCH3 is 1. The number of piperazine rings is 1. The summed E-state index contributed by atoms with van der Waals surface area (Å²) < 4.78 is 5.18. The zero-order valence-electron chi connectivity index (χ0n) is 15.1. The van der Waals surface area contributed by atoms with Gasteiger partial charge < -0.3 is 14.6 Å². The monoisotopic (exact) mass is 363 g/mol. The van der Waals surface area contributed by atoms with Gasteiger partial charge in [0, 0.05) is 42.3 Å². The zero-order valence-corrected chi connectivity index (χ0v) is 15.1. The molecule has 0 unspecified atom stereocenters. The van der Waals surface area contributed by atoms with Crippen molar-refractivity contribution in [1.82, 2.24) is 9.88 Å². The van der Waals surface area contributed by atoms with E-state index in [-0.39, 0.29) is 11.5 Å². The van der Waals surface area contributed by atoms with E-state index in [0.717, 1.165) is 41.0 Å². The molecule has 1 aliphatic heterocycles. The van der Waals surface area contributed by atoms with E-state index in [9.17, 15) is 9.59 Å². The lowest BCUT2D eigenvalue weighted by molar-refractivity contribution is -0.121. The topological polar surface area (TPSA) is 65.6 Å². The number of hydrogen-bond donors (Lipinski definition) is 1. The minimum absolute atomic E-state index is 0.0820. The van der Waals surface area contributed by atoms with E-state index in [1.165, 1.54) is 6.07 Å². The van der Waals surface area contributed by atoms with Gasteiger partial charge in [0.05, 0.1) is 13.7 Å². The standard InChI is InChI=1S/C21H21N3O3/c1-27-18-6-2-15(3-7-18)13-23-10-11-24(21(26)14-23)17-5-8-19-16(12-17)4-9-20(25)22-19/h2-9,12H,10-11,13-14H2,1H3,(H,22,25). The van der Waals surface area contributed by atoms with Gasteiger partial charge in [-0.25, -0.2) is 0 Å². The summed E-state index contributed by atoms with van der Waals surface area (Å²) in [5.41, 5.74) is 2.67. The highest BCUT2D eigenvalue weighted by atomic mass is 16.5. The van der Waals surface area contributed by atoms with Crippen LogP contribution in [0.3, 0.4) is 0 Å². The van der Waals surface area contributed by atoms with Gasteiger partial charge in [0.25, 0.3) is 0 Å². The Kier molecular flexibility index (Phi) is 4.64. The number of anilines is 1. The summed E-state index contributed by atoms with van der Waals surface area (Å²) in [5.74, 6) is 0.913. The lowest BCUT2D eigenvalue weighted by Crippen LogP contribution is -2.50. The van der Waals surface area contributed by atoms with Crippen molar-refractivity contribution in [2.24, 2.45) is 0 Å². The molecular weight excluding hydrogens is 342 g/mol. The van der Waals surface area contributed by atoms with Gasteiger partial charge in [0.1, 0.15) is 5.75 Å². The lowest BCUT2D eigenvalue weighted by Gasteiger charge is -2.34. The van der Waals surface area contributed by atoms with Crippen LogP contribution >= 0.6 is 0 Å². The SMILES string of the molecule is COc1ccc(CN2CCN(c3ccc4[nH]c(=O)ccc4c3)C(=O)C2)cc1. The molecule has 0 atom stereocenters. The second kappa shape index (κ2) is 7.25. The predicted octanol–water partition coefficient (Wildman–Crippen LogP) is 2.39. The average molecular weight is 363 g/mol. The third-order valence-electron chi connectivity index (χ3n) is 4.88. The molecule has 3 aromatic rings. The Bertz CT molecular complexity index is 1030. The lowest BCUT2D eigenvalue weighted by atomic mass is 10.1. The third kappa shape index (κ3) is 3.71. The van der Waals surface area contributed by atoms with Crippen LogP contribution in [0, 0.1) is 0 Å². The molecule has 6 heteroatoms. The second-order valence-electron chi connectivity index (χ2n) is 6.70. The van der Waals surface area contributed by atoms with E-state index in [1.807, 2.05) is 47.4 Å². The molecule has 27 heavy (non-hydrogen) atoms. The number of aromatic nitrogens is 1. The van der Waals surface area contributed by atoms with Crippen LogP contribution < -0.4 is 15.2 Å². The van der Waals surface area contributed by atoms with Crippen LogP contribution in [-0.4, -0.2) is 42.5 Å². The van der Waals surface area contributed by atoms with Gasteiger partial charge in [-0.2, -0.15) is 0 Å². The first-order chi connectivity index (χ1) is 13.1. The molecule has 6 nitrogen and oxygen atoms in total. The molecule has 0 aliphatic carbocycles. The van der Waals surface area contributed by atoms with E-state index in [1.54, 1.807) is 13.2 Å². The molecule has 138 valence electrons. The van der Waals surface area contributed by atoms with E-state index < -0.39 is 0 Å². The second-order valence-corrected chi connectivity index (χ2v) is 6.70. The summed E-state index contributed by atoms with van der Waals surface area (Å²) in [6.45, 7) is 2.57. The van der Waals surface area contributed by atoms with Crippen molar-refractivity contribution in [3.63, 3.8) is 0 Å². The minimum Gasteiger partial charge on any atom is -0.497 e. The van der Waals surface area contributed by atoms with Crippen LogP contribution in [0.25, 0.3) is 10.9 Å². The molecule has 1 aliphatic rings. The minimum atomic E-state index is -0.126. The number of carbonyl (C=O) groups is 1. The molecule has 0 bridgehead atoms. The van der Waals surface area contributed by atoms with E-state index in [2.05, 4.69) is 9.88 Å². The maximum absolute atomic E-state index is 12.7. The Balaban J connectivity index is 1.46. The molecule has 2 heterocycles. The molecule has 2 aromatic carbocycles. The van der Waals surface area contributed by atoms with Crippen molar-refractivity contribution in [1.29, 1.82) is 0 Å². The maximum atomic E-state index is 12.7. The molecule has 1 fully saturated rings. The summed E-state index contributed by atoms with van der Waals surface area (Å²) in [4.78, 5) is 30.9. The number of rotatable bonds is 4. The number of H-pyrrole nitrogens is 1. The van der Waals surface area contributed by atoms with Crippen LogP contribution in [0.2, 0.25) is 0 Å². The van der Waals surface area contributed by atoms with Gasteiger partial charge in [0.2, 0.25) is 11.5 Å². The molecule has 4 rings (SSSR count). The van der Waals surface area contributed by atoms with Gasteiger partial charge in [0.15, 0.2) is 0 Å². The number of carbonyl (C=O) groups excluding carboxylic acids is 1. The zero-order chi connectivity index (χ0) is 18.8. The summed E-state index contributed by atoms with van der Waals surface area (Å²) in [7, 11) is 1.65. The number of fused-ring (bicyclic) bond motifs is 1. The van der Waals surface area contributed by atoms with Gasteiger partial charge in [-0.3, -0.25) is 14.5 Å². The van der Waals surface area contributed by atoms with Crippen molar-refractivity contribution >= 4 is 22.5 Å². The highest BCUT2D eigenvalue weighted by molar-refractivity contribution is 5.97. The van der Waals surface area contributed by atoms with Crippen molar-refractivity contribution in [2.75, 3.05) is 31.6 Å². The number of nitrogens with zero attached hydrogens (tertiary/aromatic N) is 2. The molecule has 1 amide bonds. The van der Waals surface area contributed by atoms with Gasteiger partial charge in [-0.05, 0) is 42.0 Å². The molecule has 1 saturated heterocycles. The summed E-state index contributed by atoms with van der Waals surface area (Å²) >= 11 is 0. The highest BCUT2D eigenvalue weighted by Crippen LogP contribution is 2.23. The van der Waals surface area contributed by atoms with Crippen LogP contribution in [-0.2, 0) is 11.3 Å². The van der Waals surface area contributed by atoms with Crippen molar-refractivity contribution in [3.05, 3.63) is 70.5 Å². The molecule has 1 aromatic heterocycles. The van der Waals surface area contributed by atoms with Crippen LogP contribution in [0.4, 0.5) is 5.69 Å². The molecule has 0 saturated carbocycles. The number of benzene rings is 2. The van der Waals surface area contributed by atoms with E-state index >= 15 is 0 Å². The normalized spacial score (nSPS) is 15.3. The summed E-state index contributed by atoms with van der Waals surface area (Å²) in [5, 5.41) is 0.917. The maximum Gasteiger partial charge on any atom is 0.248 e. The number of amides is 1. The predicted molar refractivity (Wildman–Crippen MR) is 105 cm³/mol. The largest absolute Gasteiger partial charge is 0.497 e. The number of nitrogens with one attached hydrogen (secondary N) is 1. The van der Waals surface area contributed by atoms with Crippen LogP contribution in [0.1, 0.15) is 5.56 Å². The highest BCUT2D eigenvalue weighted by Gasteiger charge is 2.25. The number of aromatic amines is 1. The Morgan fingerprint density at radius 1 is 1.00 bits per heavy atom. The molecule has 0 spiro atoms. The van der Waals surface area contributed by atoms with Crippen molar-refractivity contribution in [2.45, 2.75) is 6.54 Å². The average Bonchev–Trinajstić information content (AvgIpc) is 2.68. The van der Waals surface area contributed by atoms with Crippen LogP contribution in [0.5, 0.6) is 5.75 Å². The van der Waals surface area contributed by atoms with Crippen molar-refractivity contribution < 1.29 is 9.53 Å². The number of hydrogen-bond acceptors (Lipinski definition) is 4. The van der Waals surface area contributed by atoms with Gasteiger partial charge in [-0.1, -0.05) is 12.1 Å². The third-order valence-corrected chi connectivity index (χ3v) is 4.88. The molecule has 1 N–H and O–H groups in total. The fraction of sp³-hybridized carbons (Fsp3) is 0.238. The fourth-order valence-electron chi connectivity index (χ4n) is 3.43. The Labute approximate surface area is 157 Å². The first kappa shape index (κ1) is 17.3. The quantitative estimate of drug-likeness (QED) is 0.773. The first-order valence-corrected chi connectivity index (χ1v) is 8.91. The number of ether oxygens (including phenoxy) is 1. The summed E-state index contributed by atoms with van der Waals surface area (Å²) in [6, 6.07) is 16.9.